The second kappa shape index (κ2) is 9.71. The zero-order chi connectivity index (χ0) is 25.4. The van der Waals surface area contributed by atoms with Crippen molar-refractivity contribution in [1.82, 2.24) is 30.5 Å². The zero-order valence-corrected chi connectivity index (χ0v) is 20.6. The summed E-state index contributed by atoms with van der Waals surface area (Å²) < 4.78 is 6.68. The quantitative estimate of drug-likeness (QED) is 0.393. The molecular weight excluding hydrogens is 462 g/mol. The van der Waals surface area contributed by atoms with Crippen LogP contribution >= 0.6 is 0 Å². The molecule has 11 heteroatoms. The summed E-state index contributed by atoms with van der Waals surface area (Å²) in [5, 5.41) is 20.4. The molecule has 2 atom stereocenters. The average Bonchev–Trinajstić information content (AvgIpc) is 3.77. The Balaban J connectivity index is 1.35. The topological polar surface area (TPSA) is 148 Å². The number of anilines is 1. The van der Waals surface area contributed by atoms with Gasteiger partial charge in [0.15, 0.2) is 0 Å². The van der Waals surface area contributed by atoms with E-state index in [0.29, 0.717) is 34.3 Å². The molecule has 2 saturated carbocycles. The van der Waals surface area contributed by atoms with Crippen molar-refractivity contribution in [3.8, 4) is 0 Å². The number of amides is 2. The van der Waals surface area contributed by atoms with Crippen LogP contribution in [0.2, 0.25) is 0 Å². The SMILES string of the molecule is CC(C)c1nocc1C(=O)N[C@H](C(=O)Nc1cnn(C(C)c2ccn[nH]c2=O)c1)C(C1CC1)C1CC1. The van der Waals surface area contributed by atoms with Crippen molar-refractivity contribution < 1.29 is 14.1 Å². The predicted octanol–water partition coefficient (Wildman–Crippen LogP) is 2.86. The minimum atomic E-state index is -0.684. The average molecular weight is 494 g/mol. The maximum absolute atomic E-state index is 13.6. The number of rotatable bonds is 10. The number of carbonyl (C=O) groups excluding carboxylic acids is 2. The van der Waals surface area contributed by atoms with E-state index in [1.807, 2.05) is 20.8 Å². The van der Waals surface area contributed by atoms with E-state index in [4.69, 9.17) is 4.52 Å². The lowest BCUT2D eigenvalue weighted by atomic mass is 9.88. The minimum Gasteiger partial charge on any atom is -0.364 e. The van der Waals surface area contributed by atoms with Crippen LogP contribution < -0.4 is 16.2 Å². The molecule has 2 aliphatic carbocycles. The Morgan fingerprint density at radius 2 is 1.89 bits per heavy atom. The Morgan fingerprint density at radius 3 is 2.53 bits per heavy atom. The molecule has 0 saturated heterocycles. The zero-order valence-electron chi connectivity index (χ0n) is 20.6. The first kappa shape index (κ1) is 24.0. The van der Waals surface area contributed by atoms with Crippen molar-refractivity contribution >= 4 is 17.5 Å². The third-order valence-electron chi connectivity index (χ3n) is 7.15. The highest BCUT2D eigenvalue weighted by Crippen LogP contribution is 2.51. The second-order valence-electron chi connectivity index (χ2n) is 10.2. The van der Waals surface area contributed by atoms with Crippen molar-refractivity contribution in [3.05, 3.63) is 58.1 Å². The van der Waals surface area contributed by atoms with Gasteiger partial charge in [-0.3, -0.25) is 19.1 Å². The molecule has 0 aliphatic heterocycles. The van der Waals surface area contributed by atoms with E-state index in [0.717, 1.165) is 25.7 Å². The first-order valence-corrected chi connectivity index (χ1v) is 12.5. The lowest BCUT2D eigenvalue weighted by molar-refractivity contribution is -0.119. The lowest BCUT2D eigenvalue weighted by Crippen LogP contribution is -2.50. The molecule has 5 rings (SSSR count). The fourth-order valence-corrected chi connectivity index (χ4v) is 4.94. The molecule has 0 aromatic carbocycles. The number of nitrogens with one attached hydrogen (secondary N) is 3. The highest BCUT2D eigenvalue weighted by atomic mass is 16.5. The summed E-state index contributed by atoms with van der Waals surface area (Å²) in [7, 11) is 0. The van der Waals surface area contributed by atoms with Gasteiger partial charge in [0, 0.05) is 18.0 Å². The molecule has 3 aromatic rings. The summed E-state index contributed by atoms with van der Waals surface area (Å²) in [5.74, 6) is 0.334. The summed E-state index contributed by atoms with van der Waals surface area (Å²) in [6.07, 6.45) is 10.4. The van der Waals surface area contributed by atoms with Gasteiger partial charge in [-0.25, -0.2) is 5.10 Å². The molecular formula is C25H31N7O4. The number of H-pyrrole nitrogens is 1. The van der Waals surface area contributed by atoms with Crippen LogP contribution in [-0.2, 0) is 4.79 Å². The molecule has 3 aromatic heterocycles. The number of aromatic amines is 1. The van der Waals surface area contributed by atoms with E-state index in [-0.39, 0.29) is 35.3 Å². The van der Waals surface area contributed by atoms with Crippen LogP contribution in [0.5, 0.6) is 0 Å². The maximum Gasteiger partial charge on any atom is 0.269 e. The van der Waals surface area contributed by atoms with Crippen LogP contribution in [0.4, 0.5) is 5.69 Å². The number of nitrogens with zero attached hydrogens (tertiary/aromatic N) is 4. The maximum atomic E-state index is 13.6. The Hall–Kier alpha value is -3.76. The normalized spacial score (nSPS) is 17.2. The molecule has 2 amide bonds. The predicted molar refractivity (Wildman–Crippen MR) is 130 cm³/mol. The first-order valence-electron chi connectivity index (χ1n) is 12.5. The van der Waals surface area contributed by atoms with Crippen molar-refractivity contribution in [2.75, 3.05) is 5.32 Å². The van der Waals surface area contributed by atoms with E-state index in [2.05, 4.69) is 31.1 Å². The fourth-order valence-electron chi connectivity index (χ4n) is 4.94. The van der Waals surface area contributed by atoms with Gasteiger partial charge >= 0.3 is 0 Å². The van der Waals surface area contributed by atoms with Crippen LogP contribution in [0.1, 0.15) is 80.0 Å². The monoisotopic (exact) mass is 493 g/mol. The van der Waals surface area contributed by atoms with E-state index in [1.165, 1.54) is 12.5 Å². The highest BCUT2D eigenvalue weighted by molar-refractivity contribution is 6.01. The number of hydrogen-bond donors (Lipinski definition) is 3. The van der Waals surface area contributed by atoms with E-state index < -0.39 is 6.04 Å². The van der Waals surface area contributed by atoms with Gasteiger partial charge in [0.05, 0.1) is 23.6 Å². The van der Waals surface area contributed by atoms with Gasteiger partial charge in [-0.15, -0.1) is 0 Å². The molecule has 0 bridgehead atoms. The van der Waals surface area contributed by atoms with Gasteiger partial charge in [0.1, 0.15) is 17.9 Å². The van der Waals surface area contributed by atoms with Crippen molar-refractivity contribution in [3.63, 3.8) is 0 Å². The largest absolute Gasteiger partial charge is 0.364 e. The first-order chi connectivity index (χ1) is 17.3. The van der Waals surface area contributed by atoms with Crippen molar-refractivity contribution in [1.29, 1.82) is 0 Å². The number of aromatic nitrogens is 5. The molecule has 36 heavy (non-hydrogen) atoms. The van der Waals surface area contributed by atoms with Gasteiger partial charge < -0.3 is 15.2 Å². The van der Waals surface area contributed by atoms with Gasteiger partial charge in [0.2, 0.25) is 5.91 Å². The minimum absolute atomic E-state index is 0.0138. The highest BCUT2D eigenvalue weighted by Gasteiger charge is 2.48. The summed E-state index contributed by atoms with van der Waals surface area (Å²) in [5.41, 5.74) is 1.64. The van der Waals surface area contributed by atoms with Crippen LogP contribution in [0.25, 0.3) is 0 Å². The van der Waals surface area contributed by atoms with E-state index in [1.54, 1.807) is 23.1 Å². The molecule has 0 spiro atoms. The Bertz CT molecular complexity index is 1290. The summed E-state index contributed by atoms with van der Waals surface area (Å²) in [6.45, 7) is 5.72. The van der Waals surface area contributed by atoms with E-state index in [9.17, 15) is 14.4 Å². The molecule has 3 N–H and O–H groups in total. The van der Waals surface area contributed by atoms with Crippen LogP contribution in [0.15, 0.2) is 40.2 Å². The smallest absolute Gasteiger partial charge is 0.269 e. The standard InChI is InChI=1S/C25H31N7O4/c1-13(2)21-19(12-36-31-21)23(33)29-22(20(15-4-5-15)16-6-7-16)25(35)28-17-10-27-32(11-17)14(3)18-8-9-26-30-24(18)34/h8-16,20,22H,4-7H2,1-3H3,(H,28,35)(H,29,33)(H,30,34)/t14?,22-/m0/s1. The van der Waals surface area contributed by atoms with Gasteiger partial charge in [-0.1, -0.05) is 19.0 Å². The van der Waals surface area contributed by atoms with Crippen LogP contribution in [0.3, 0.4) is 0 Å². The molecule has 11 nitrogen and oxygen atoms in total. The summed E-state index contributed by atoms with van der Waals surface area (Å²) in [6, 6.07) is 0.601. The fraction of sp³-hybridized carbons (Fsp3) is 0.520. The third kappa shape index (κ3) is 4.95. The number of hydrogen-bond acceptors (Lipinski definition) is 7. The van der Waals surface area contributed by atoms with Gasteiger partial charge in [-0.05, 0) is 62.3 Å². The Labute approximate surface area is 208 Å². The van der Waals surface area contributed by atoms with Gasteiger partial charge in [0.25, 0.3) is 11.5 Å². The van der Waals surface area contributed by atoms with E-state index >= 15 is 0 Å². The molecule has 2 fully saturated rings. The molecule has 1 unspecified atom stereocenters. The molecule has 3 heterocycles. The van der Waals surface area contributed by atoms with Crippen molar-refractivity contribution in [2.24, 2.45) is 17.8 Å². The van der Waals surface area contributed by atoms with Crippen LogP contribution in [-0.4, -0.2) is 43.0 Å². The number of carbonyl (C=O) groups is 2. The summed E-state index contributed by atoms with van der Waals surface area (Å²) >= 11 is 0. The third-order valence-corrected chi connectivity index (χ3v) is 7.15. The lowest BCUT2D eigenvalue weighted by Gasteiger charge is -2.27. The Morgan fingerprint density at radius 1 is 1.17 bits per heavy atom. The second-order valence-corrected chi connectivity index (χ2v) is 10.2. The molecule has 2 aliphatic rings. The molecule has 0 radical (unpaired) electrons. The van der Waals surface area contributed by atoms with Crippen LogP contribution in [0, 0.1) is 17.8 Å². The van der Waals surface area contributed by atoms with Crippen molar-refractivity contribution in [2.45, 2.75) is 64.5 Å². The molecule has 190 valence electrons. The van der Waals surface area contributed by atoms with Gasteiger partial charge in [-0.2, -0.15) is 10.2 Å². The Kier molecular flexibility index (Phi) is 6.46. The summed E-state index contributed by atoms with van der Waals surface area (Å²) in [4.78, 5) is 38.9.